The Morgan fingerprint density at radius 1 is 0.939 bits per heavy atom. The minimum absolute atomic E-state index is 0.00672. The molecule has 1 aromatic heterocycles. The molecule has 6 atom stereocenters. The Morgan fingerprint density at radius 2 is 1.63 bits per heavy atom. The first-order chi connectivity index (χ1) is 23.0. The molecule has 2 aliphatic carbocycles. The summed E-state index contributed by atoms with van der Waals surface area (Å²) in [7, 11) is 1.22. The van der Waals surface area contributed by atoms with E-state index in [0.29, 0.717) is 17.2 Å². The number of nitrogens with zero attached hydrogens (tertiary/aromatic N) is 4. The van der Waals surface area contributed by atoms with Gasteiger partial charge in [0.25, 0.3) is 11.8 Å². The van der Waals surface area contributed by atoms with Gasteiger partial charge in [0.15, 0.2) is 5.82 Å². The van der Waals surface area contributed by atoms with Gasteiger partial charge in [0.2, 0.25) is 11.8 Å². The summed E-state index contributed by atoms with van der Waals surface area (Å²) in [5, 5.41) is 11.2. The molecule has 2 aromatic carbocycles. The number of amides is 4. The Labute approximate surface area is 286 Å². The number of phenols is 1. The number of rotatable bonds is 4. The number of hydrogen-bond donors (Lipinski definition) is 1. The quantitative estimate of drug-likeness (QED) is 0.186. The third kappa shape index (κ3) is 4.84. The standard InChI is InChI=1S/C34H26Cl2F4N4O5/c1-33-21(30(47)43(32(33)49)16-5-11-24(37)23(36)13-16)14-20-18(27(33)15-3-6-17(45)7-4-15)8-9-19-26(20)31(48)44(29(19)46)42(2)28-22(35)10-12-25(41-28)34(38,39)40/h3-8,10-13,19-21,26-27,45H,9,14H2,1-2H3/t19-,20+,21-,26-,27-,33+/m0/s1. The number of hydrazine groups is 1. The molecule has 0 radical (unpaired) electrons. The van der Waals surface area contributed by atoms with Crippen LogP contribution in [0.1, 0.15) is 36.9 Å². The van der Waals surface area contributed by atoms with E-state index in [1.54, 1.807) is 25.1 Å². The number of carbonyl (C=O) groups is 4. The fraction of sp³-hybridized carbons (Fsp3) is 0.324. The molecule has 4 amide bonds. The van der Waals surface area contributed by atoms with E-state index in [-0.39, 0.29) is 34.3 Å². The molecule has 7 rings (SSSR count). The molecular weight excluding hydrogens is 691 g/mol. The number of hydrogen-bond acceptors (Lipinski definition) is 7. The summed E-state index contributed by atoms with van der Waals surface area (Å²) in [6, 6.07) is 11.3. The second-order valence-corrected chi connectivity index (χ2v) is 13.7. The van der Waals surface area contributed by atoms with Crippen LogP contribution in [0.3, 0.4) is 0 Å². The maximum atomic E-state index is 14.4. The van der Waals surface area contributed by atoms with E-state index < -0.39 is 82.1 Å². The number of aromatic hydroxyl groups is 1. The van der Waals surface area contributed by atoms with Crippen molar-refractivity contribution in [3.8, 4) is 5.75 Å². The summed E-state index contributed by atoms with van der Waals surface area (Å²) >= 11 is 12.2. The van der Waals surface area contributed by atoms with Gasteiger partial charge >= 0.3 is 6.18 Å². The van der Waals surface area contributed by atoms with Gasteiger partial charge in [-0.25, -0.2) is 14.3 Å². The zero-order chi connectivity index (χ0) is 35.3. The number of benzene rings is 2. The zero-order valence-electron chi connectivity index (χ0n) is 25.7. The minimum Gasteiger partial charge on any atom is -0.508 e. The number of phenolic OH excluding ortho intramolecular Hbond substituents is 1. The van der Waals surface area contributed by atoms with E-state index in [4.69, 9.17) is 23.2 Å². The van der Waals surface area contributed by atoms with Crippen LogP contribution >= 0.6 is 23.2 Å². The molecule has 49 heavy (non-hydrogen) atoms. The van der Waals surface area contributed by atoms with Crippen molar-refractivity contribution in [3.05, 3.63) is 93.4 Å². The van der Waals surface area contributed by atoms with E-state index in [9.17, 15) is 41.8 Å². The maximum absolute atomic E-state index is 14.4. The predicted molar refractivity (Wildman–Crippen MR) is 169 cm³/mol. The molecule has 3 aromatic rings. The SMILES string of the molecule is CN(c1nc(C(F)(F)F)ccc1Cl)N1C(=O)[C@H]2[C@H](CC=C3[C@H]2C[C@H]2C(=O)N(c4ccc(F)c(Cl)c4)C(=O)[C@@]2(C)[C@H]3c2ccc(O)cc2)C1=O. The van der Waals surface area contributed by atoms with Crippen molar-refractivity contribution >= 4 is 58.3 Å². The lowest BCUT2D eigenvalue weighted by molar-refractivity contribution is -0.141. The number of allylic oxidation sites excluding steroid dienone is 2. The average molecular weight is 718 g/mol. The minimum atomic E-state index is -4.82. The van der Waals surface area contributed by atoms with Crippen molar-refractivity contribution in [2.45, 2.75) is 31.9 Å². The molecular formula is C34H26Cl2F4N4O5. The summed E-state index contributed by atoms with van der Waals surface area (Å²) in [5.74, 6) is -8.24. The monoisotopic (exact) mass is 716 g/mol. The number of fused-ring (bicyclic) bond motifs is 4. The van der Waals surface area contributed by atoms with Crippen LogP contribution in [0.4, 0.5) is 29.1 Å². The van der Waals surface area contributed by atoms with Gasteiger partial charge in [-0.05, 0) is 73.7 Å². The van der Waals surface area contributed by atoms with E-state index in [1.807, 2.05) is 0 Å². The van der Waals surface area contributed by atoms with Gasteiger partial charge < -0.3 is 5.11 Å². The molecule has 2 aliphatic heterocycles. The molecule has 3 fully saturated rings. The number of alkyl halides is 3. The van der Waals surface area contributed by atoms with Crippen molar-refractivity contribution in [2.75, 3.05) is 17.0 Å². The molecule has 3 heterocycles. The Kier molecular flexibility index (Phi) is 7.60. The number of anilines is 2. The van der Waals surface area contributed by atoms with Crippen LogP contribution in [0.5, 0.6) is 5.75 Å². The normalized spacial score (nSPS) is 28.0. The maximum Gasteiger partial charge on any atom is 0.433 e. The molecule has 9 nitrogen and oxygen atoms in total. The largest absolute Gasteiger partial charge is 0.508 e. The van der Waals surface area contributed by atoms with Crippen molar-refractivity contribution in [2.24, 2.45) is 29.1 Å². The predicted octanol–water partition coefficient (Wildman–Crippen LogP) is 6.53. The topological polar surface area (TPSA) is 111 Å². The van der Waals surface area contributed by atoms with Crippen LogP contribution in [0.25, 0.3) is 0 Å². The highest BCUT2D eigenvalue weighted by atomic mass is 35.5. The van der Waals surface area contributed by atoms with Gasteiger partial charge in [0, 0.05) is 13.0 Å². The highest BCUT2D eigenvalue weighted by Gasteiger charge is 2.68. The Balaban J connectivity index is 1.31. The lowest BCUT2D eigenvalue weighted by Crippen LogP contribution is -2.49. The lowest BCUT2D eigenvalue weighted by Gasteiger charge is -2.49. The molecule has 0 bridgehead atoms. The van der Waals surface area contributed by atoms with Gasteiger partial charge in [0.1, 0.15) is 17.3 Å². The molecule has 1 N–H and O–H groups in total. The lowest BCUT2D eigenvalue weighted by atomic mass is 9.51. The Morgan fingerprint density at radius 3 is 2.29 bits per heavy atom. The van der Waals surface area contributed by atoms with E-state index in [2.05, 4.69) is 4.98 Å². The van der Waals surface area contributed by atoms with Crippen molar-refractivity contribution in [1.82, 2.24) is 9.99 Å². The first-order valence-electron chi connectivity index (χ1n) is 15.2. The van der Waals surface area contributed by atoms with E-state index in [0.717, 1.165) is 27.1 Å². The highest BCUT2D eigenvalue weighted by molar-refractivity contribution is 6.33. The van der Waals surface area contributed by atoms with Gasteiger partial charge in [-0.3, -0.25) is 24.2 Å². The molecule has 0 unspecified atom stereocenters. The van der Waals surface area contributed by atoms with Crippen LogP contribution in [0.15, 0.2) is 66.2 Å². The van der Waals surface area contributed by atoms with E-state index in [1.165, 1.54) is 31.3 Å². The van der Waals surface area contributed by atoms with Crippen molar-refractivity contribution in [1.29, 1.82) is 0 Å². The highest BCUT2D eigenvalue weighted by Crippen LogP contribution is 2.63. The zero-order valence-corrected chi connectivity index (χ0v) is 27.2. The first-order valence-corrected chi connectivity index (χ1v) is 16.0. The van der Waals surface area contributed by atoms with Gasteiger partial charge in [0.05, 0.1) is 38.9 Å². The van der Waals surface area contributed by atoms with Crippen LogP contribution < -0.4 is 9.91 Å². The molecule has 0 spiro atoms. The van der Waals surface area contributed by atoms with Crippen LogP contribution in [-0.4, -0.2) is 45.8 Å². The number of imide groups is 2. The molecule has 1 saturated carbocycles. The van der Waals surface area contributed by atoms with Crippen molar-refractivity contribution in [3.63, 3.8) is 0 Å². The van der Waals surface area contributed by atoms with Crippen LogP contribution in [0.2, 0.25) is 10.0 Å². The van der Waals surface area contributed by atoms with E-state index >= 15 is 0 Å². The molecule has 254 valence electrons. The number of pyridine rings is 1. The van der Waals surface area contributed by atoms with Crippen LogP contribution in [-0.2, 0) is 25.4 Å². The first kappa shape index (κ1) is 33.0. The Bertz CT molecular complexity index is 1990. The third-order valence-corrected chi connectivity index (χ3v) is 10.9. The number of carbonyl (C=O) groups excluding carboxylic acids is 4. The summed E-state index contributed by atoms with van der Waals surface area (Å²) in [6.07, 6.45) is -2.95. The smallest absolute Gasteiger partial charge is 0.433 e. The van der Waals surface area contributed by atoms with Gasteiger partial charge in [-0.1, -0.05) is 47.0 Å². The third-order valence-electron chi connectivity index (χ3n) is 10.4. The summed E-state index contributed by atoms with van der Waals surface area (Å²) in [6.45, 7) is 1.66. The summed E-state index contributed by atoms with van der Waals surface area (Å²) < 4.78 is 54.6. The van der Waals surface area contributed by atoms with Crippen LogP contribution in [0, 0.1) is 34.9 Å². The second-order valence-electron chi connectivity index (χ2n) is 12.9. The van der Waals surface area contributed by atoms with Gasteiger partial charge in [-0.15, -0.1) is 0 Å². The van der Waals surface area contributed by atoms with Gasteiger partial charge in [-0.2, -0.15) is 18.2 Å². The second kappa shape index (κ2) is 11.3. The number of aromatic nitrogens is 1. The molecule has 4 aliphatic rings. The summed E-state index contributed by atoms with van der Waals surface area (Å²) in [5.41, 5.74) is -1.38. The Hall–Kier alpha value is -4.49. The van der Waals surface area contributed by atoms with Crippen molar-refractivity contribution < 1.29 is 41.8 Å². The number of halogens is 6. The fourth-order valence-electron chi connectivity index (χ4n) is 8.12. The molecule has 2 saturated heterocycles. The average Bonchev–Trinajstić information content (AvgIpc) is 3.41. The summed E-state index contributed by atoms with van der Waals surface area (Å²) in [4.78, 5) is 61.4. The molecule has 15 heteroatoms. The fourth-order valence-corrected chi connectivity index (χ4v) is 8.52.